The number of benzene rings is 1. The maximum Gasteiger partial charge on any atom is 0.326 e. The molecule has 0 amide bonds. The number of nitrogens with zero attached hydrogens (tertiary/aromatic N) is 2. The van der Waals surface area contributed by atoms with Gasteiger partial charge in [0.25, 0.3) is 0 Å². The number of hydrogen-bond donors (Lipinski definition) is 3. The van der Waals surface area contributed by atoms with Gasteiger partial charge >= 0.3 is 5.97 Å². The molecule has 0 bridgehead atoms. The van der Waals surface area contributed by atoms with Gasteiger partial charge in [0.05, 0.1) is 5.39 Å². The highest BCUT2D eigenvalue weighted by molar-refractivity contribution is 7.19. The Labute approximate surface area is 165 Å². The van der Waals surface area contributed by atoms with Crippen LogP contribution in [-0.2, 0) is 24.1 Å². The summed E-state index contributed by atoms with van der Waals surface area (Å²) in [6.07, 6.45) is 8.24. The Morgan fingerprint density at radius 1 is 1.25 bits per heavy atom. The second-order valence-electron chi connectivity index (χ2n) is 7.21. The number of aryl methyl sites for hydroxylation is 2. The van der Waals surface area contributed by atoms with E-state index in [0.717, 1.165) is 45.9 Å². The summed E-state index contributed by atoms with van der Waals surface area (Å²) >= 11 is 1.71. The molecule has 1 aliphatic rings. The van der Waals surface area contributed by atoms with E-state index in [1.807, 2.05) is 30.5 Å². The molecule has 0 radical (unpaired) electrons. The van der Waals surface area contributed by atoms with E-state index in [0.29, 0.717) is 12.2 Å². The van der Waals surface area contributed by atoms with E-state index >= 15 is 0 Å². The van der Waals surface area contributed by atoms with Crippen LogP contribution in [0.2, 0.25) is 0 Å². The number of fused-ring (bicyclic) bond motifs is 4. The third-order valence-electron chi connectivity index (χ3n) is 5.46. The van der Waals surface area contributed by atoms with Crippen LogP contribution in [0.15, 0.2) is 36.8 Å². The van der Waals surface area contributed by atoms with Crippen molar-refractivity contribution >= 4 is 44.2 Å². The first-order chi connectivity index (χ1) is 13.7. The van der Waals surface area contributed by atoms with Crippen LogP contribution >= 0.6 is 11.3 Å². The monoisotopic (exact) mass is 392 g/mol. The summed E-state index contributed by atoms with van der Waals surface area (Å²) in [5.74, 6) is -0.252. The Morgan fingerprint density at radius 2 is 2.11 bits per heavy atom. The lowest BCUT2D eigenvalue weighted by Gasteiger charge is -2.17. The molecule has 1 aliphatic carbocycles. The summed E-state index contributed by atoms with van der Waals surface area (Å²) in [6.45, 7) is 0. The number of H-pyrrole nitrogens is 1. The van der Waals surface area contributed by atoms with E-state index in [1.54, 1.807) is 11.3 Å². The van der Waals surface area contributed by atoms with E-state index in [9.17, 15) is 9.90 Å². The third-order valence-corrected chi connectivity index (χ3v) is 6.66. The fraction of sp³-hybridized carbons (Fsp3) is 0.286. The van der Waals surface area contributed by atoms with E-state index in [1.165, 1.54) is 23.2 Å². The van der Waals surface area contributed by atoms with Crippen molar-refractivity contribution in [3.8, 4) is 0 Å². The van der Waals surface area contributed by atoms with Crippen molar-refractivity contribution in [2.45, 2.75) is 38.1 Å². The topological polar surface area (TPSA) is 90.9 Å². The summed E-state index contributed by atoms with van der Waals surface area (Å²) in [5, 5.41) is 15.1. The van der Waals surface area contributed by atoms with Gasteiger partial charge in [-0.2, -0.15) is 0 Å². The molecule has 3 N–H and O–H groups in total. The van der Waals surface area contributed by atoms with Gasteiger partial charge < -0.3 is 15.4 Å². The Hall–Kier alpha value is -2.93. The van der Waals surface area contributed by atoms with Crippen molar-refractivity contribution in [2.75, 3.05) is 5.32 Å². The van der Waals surface area contributed by atoms with Crippen LogP contribution < -0.4 is 5.32 Å². The Kier molecular flexibility index (Phi) is 4.24. The Morgan fingerprint density at radius 3 is 3.00 bits per heavy atom. The number of anilines is 1. The average molecular weight is 392 g/mol. The molecule has 0 saturated carbocycles. The first-order valence-electron chi connectivity index (χ1n) is 9.50. The standard InChI is InChI=1S/C21H20N4O2S/c26-21(27)16(9-12-10-22-15-7-3-1-5-13(12)15)25-19-18-14-6-2-4-8-17(14)28-20(18)24-11-23-19/h1,3,5,7,10-11,16,22H,2,4,6,8-9H2,(H,26,27)(H,23,24,25). The van der Waals surface area contributed by atoms with E-state index < -0.39 is 12.0 Å². The maximum absolute atomic E-state index is 12.0. The van der Waals surface area contributed by atoms with E-state index in [4.69, 9.17) is 0 Å². The quantitative estimate of drug-likeness (QED) is 0.474. The lowest BCUT2D eigenvalue weighted by molar-refractivity contribution is -0.137. The normalized spacial score (nSPS) is 14.9. The number of carbonyl (C=O) groups is 1. The summed E-state index contributed by atoms with van der Waals surface area (Å²) in [6, 6.07) is 7.17. The van der Waals surface area contributed by atoms with Crippen molar-refractivity contribution in [3.05, 3.63) is 52.8 Å². The van der Waals surface area contributed by atoms with Gasteiger partial charge in [-0.3, -0.25) is 0 Å². The van der Waals surface area contributed by atoms with Gasteiger partial charge in [0.15, 0.2) is 0 Å². The summed E-state index contributed by atoms with van der Waals surface area (Å²) in [4.78, 5) is 26.4. The lowest BCUT2D eigenvalue weighted by atomic mass is 9.97. The minimum atomic E-state index is -0.888. The second kappa shape index (κ2) is 6.91. The number of aromatic amines is 1. The summed E-state index contributed by atoms with van der Waals surface area (Å²) in [7, 11) is 0. The second-order valence-corrected chi connectivity index (χ2v) is 8.30. The molecule has 0 saturated heterocycles. The van der Waals surface area contributed by atoms with Crippen LogP contribution in [0, 0.1) is 0 Å². The molecule has 142 valence electrons. The van der Waals surface area contributed by atoms with Crippen LogP contribution in [-0.4, -0.2) is 32.1 Å². The molecular weight excluding hydrogens is 372 g/mol. The number of rotatable bonds is 5. The van der Waals surface area contributed by atoms with Gasteiger partial charge in [-0.15, -0.1) is 11.3 Å². The zero-order valence-corrected chi connectivity index (χ0v) is 16.1. The predicted molar refractivity (Wildman–Crippen MR) is 111 cm³/mol. The van der Waals surface area contributed by atoms with Gasteiger partial charge in [0, 0.05) is 28.4 Å². The van der Waals surface area contributed by atoms with Gasteiger partial charge in [-0.05, 0) is 42.9 Å². The number of carboxylic acid groups (broad SMARTS) is 1. The molecule has 3 heterocycles. The van der Waals surface area contributed by atoms with Gasteiger partial charge in [-0.1, -0.05) is 18.2 Å². The molecular formula is C21H20N4O2S. The molecule has 0 aliphatic heterocycles. The van der Waals surface area contributed by atoms with Crippen LogP contribution in [0.4, 0.5) is 5.82 Å². The van der Waals surface area contributed by atoms with Crippen molar-refractivity contribution in [1.29, 1.82) is 0 Å². The first-order valence-corrected chi connectivity index (χ1v) is 10.3. The smallest absolute Gasteiger partial charge is 0.326 e. The molecule has 3 aromatic heterocycles. The number of para-hydroxylation sites is 1. The number of carboxylic acids is 1. The zero-order chi connectivity index (χ0) is 19.1. The Bertz CT molecular complexity index is 1180. The van der Waals surface area contributed by atoms with Gasteiger partial charge in [-0.25, -0.2) is 14.8 Å². The minimum Gasteiger partial charge on any atom is -0.480 e. The van der Waals surface area contributed by atoms with Crippen LogP contribution in [0.25, 0.3) is 21.1 Å². The molecule has 6 nitrogen and oxygen atoms in total. The number of hydrogen-bond acceptors (Lipinski definition) is 5. The van der Waals surface area contributed by atoms with E-state index in [2.05, 4.69) is 20.3 Å². The summed E-state index contributed by atoms with van der Waals surface area (Å²) in [5.41, 5.74) is 3.29. The largest absolute Gasteiger partial charge is 0.480 e. The third kappa shape index (κ3) is 2.92. The molecule has 0 spiro atoms. The highest BCUT2D eigenvalue weighted by Crippen LogP contribution is 2.38. The molecule has 7 heteroatoms. The number of aromatic nitrogens is 3. The van der Waals surface area contributed by atoms with Crippen molar-refractivity contribution in [2.24, 2.45) is 0 Å². The van der Waals surface area contributed by atoms with Gasteiger partial charge in [0.2, 0.25) is 0 Å². The fourth-order valence-corrected chi connectivity index (χ4v) is 5.31. The van der Waals surface area contributed by atoms with Gasteiger partial charge in [0.1, 0.15) is 23.0 Å². The van der Waals surface area contributed by atoms with Crippen molar-refractivity contribution < 1.29 is 9.90 Å². The van der Waals surface area contributed by atoms with Crippen LogP contribution in [0.1, 0.15) is 28.8 Å². The van der Waals surface area contributed by atoms with Crippen molar-refractivity contribution in [3.63, 3.8) is 0 Å². The molecule has 1 unspecified atom stereocenters. The molecule has 1 atom stereocenters. The highest BCUT2D eigenvalue weighted by Gasteiger charge is 2.24. The number of nitrogens with one attached hydrogen (secondary N) is 2. The molecule has 5 rings (SSSR count). The maximum atomic E-state index is 12.0. The minimum absolute atomic E-state index is 0.372. The highest BCUT2D eigenvalue weighted by atomic mass is 32.1. The van der Waals surface area contributed by atoms with Crippen LogP contribution in [0.5, 0.6) is 0 Å². The molecule has 4 aromatic rings. The summed E-state index contributed by atoms with van der Waals surface area (Å²) < 4.78 is 0. The molecule has 28 heavy (non-hydrogen) atoms. The number of aliphatic carboxylic acids is 1. The Balaban J connectivity index is 1.51. The lowest BCUT2D eigenvalue weighted by Crippen LogP contribution is -2.32. The average Bonchev–Trinajstić information content (AvgIpc) is 3.29. The zero-order valence-electron chi connectivity index (χ0n) is 15.2. The SMILES string of the molecule is O=C(O)C(Cc1c[nH]c2ccccc12)Nc1ncnc2sc3c(c12)CCCC3. The predicted octanol–water partition coefficient (Wildman–Crippen LogP) is 4.16. The molecule has 0 fully saturated rings. The van der Waals surface area contributed by atoms with Crippen molar-refractivity contribution in [1.82, 2.24) is 15.0 Å². The fourth-order valence-electron chi connectivity index (χ4n) is 4.09. The number of thiophene rings is 1. The molecule has 1 aromatic carbocycles. The van der Waals surface area contributed by atoms with E-state index in [-0.39, 0.29) is 0 Å². The van der Waals surface area contributed by atoms with Crippen LogP contribution in [0.3, 0.4) is 0 Å². The first kappa shape index (κ1) is 17.2.